The fourth-order valence-electron chi connectivity index (χ4n) is 2.56. The first-order valence-corrected chi connectivity index (χ1v) is 8.59. The van der Waals surface area contributed by atoms with Crippen LogP contribution in [-0.2, 0) is 15.6 Å². The average molecular weight is 337 g/mol. The molecule has 3 rings (SSSR count). The van der Waals surface area contributed by atoms with E-state index < -0.39 is 21.4 Å². The van der Waals surface area contributed by atoms with Gasteiger partial charge in [-0.15, -0.1) is 0 Å². The molecule has 1 aliphatic rings. The Kier molecular flexibility index (Phi) is 4.09. The Morgan fingerprint density at radius 2 is 2.00 bits per heavy atom. The summed E-state index contributed by atoms with van der Waals surface area (Å²) in [5, 5.41) is 10.8. The largest absolute Gasteiger partial charge is 0.493 e. The zero-order valence-corrected chi connectivity index (χ0v) is 13.0. The van der Waals surface area contributed by atoms with Gasteiger partial charge in [-0.2, -0.15) is 0 Å². The van der Waals surface area contributed by atoms with Crippen LogP contribution in [0.4, 0.5) is 4.39 Å². The molecule has 23 heavy (non-hydrogen) atoms. The SMILES string of the molecule is O=S(=O)(NCC1(O)CCOc2ccccc21)c1cccc(F)c1. The Balaban J connectivity index is 1.83. The topological polar surface area (TPSA) is 75.6 Å². The van der Waals surface area contributed by atoms with Crippen LogP contribution in [-0.4, -0.2) is 26.7 Å². The lowest BCUT2D eigenvalue weighted by Gasteiger charge is -2.34. The number of benzene rings is 2. The first-order valence-electron chi connectivity index (χ1n) is 7.11. The summed E-state index contributed by atoms with van der Waals surface area (Å²) in [6.45, 7) is 0.0709. The van der Waals surface area contributed by atoms with Crippen LogP contribution in [0.3, 0.4) is 0 Å². The molecule has 5 nitrogen and oxygen atoms in total. The molecular weight excluding hydrogens is 321 g/mol. The molecule has 0 aromatic heterocycles. The van der Waals surface area contributed by atoms with Gasteiger partial charge in [-0.3, -0.25) is 0 Å². The van der Waals surface area contributed by atoms with Crippen LogP contribution in [0.1, 0.15) is 12.0 Å². The summed E-state index contributed by atoms with van der Waals surface area (Å²) in [5.41, 5.74) is -0.830. The van der Waals surface area contributed by atoms with Gasteiger partial charge >= 0.3 is 0 Å². The summed E-state index contributed by atoms with van der Waals surface area (Å²) in [5.74, 6) is -0.103. The molecular formula is C16H16FNO4S. The van der Waals surface area contributed by atoms with E-state index in [1.807, 2.05) is 0 Å². The van der Waals surface area contributed by atoms with Crippen molar-refractivity contribution in [2.45, 2.75) is 16.9 Å². The molecule has 0 aliphatic carbocycles. The van der Waals surface area contributed by atoms with Crippen LogP contribution in [0.5, 0.6) is 5.75 Å². The van der Waals surface area contributed by atoms with Crippen LogP contribution in [0.2, 0.25) is 0 Å². The van der Waals surface area contributed by atoms with Gasteiger partial charge in [-0.05, 0) is 24.3 Å². The highest BCUT2D eigenvalue weighted by atomic mass is 32.2. The summed E-state index contributed by atoms with van der Waals surface area (Å²) in [6, 6.07) is 11.7. The van der Waals surface area contributed by atoms with Crippen molar-refractivity contribution in [3.63, 3.8) is 0 Å². The number of nitrogens with one attached hydrogen (secondary N) is 1. The maximum atomic E-state index is 13.2. The Labute approximate surface area is 133 Å². The van der Waals surface area contributed by atoms with Gasteiger partial charge in [0.2, 0.25) is 10.0 Å². The second-order valence-corrected chi connectivity index (χ2v) is 7.18. The van der Waals surface area contributed by atoms with Crippen LogP contribution in [0.15, 0.2) is 53.4 Å². The predicted molar refractivity (Wildman–Crippen MR) is 82.0 cm³/mol. The second kappa shape index (κ2) is 5.92. The van der Waals surface area contributed by atoms with E-state index in [0.717, 1.165) is 6.07 Å². The van der Waals surface area contributed by atoms with Gasteiger partial charge in [0.1, 0.15) is 17.2 Å². The normalized spacial score (nSPS) is 20.6. The lowest BCUT2D eigenvalue weighted by atomic mass is 9.88. The zero-order chi connectivity index (χ0) is 16.5. The Morgan fingerprint density at radius 1 is 1.22 bits per heavy atom. The van der Waals surface area contributed by atoms with Gasteiger partial charge < -0.3 is 9.84 Å². The van der Waals surface area contributed by atoms with E-state index in [4.69, 9.17) is 4.74 Å². The molecule has 0 fully saturated rings. The first kappa shape index (κ1) is 15.9. The number of hydrogen-bond acceptors (Lipinski definition) is 4. The van der Waals surface area contributed by atoms with E-state index in [1.165, 1.54) is 18.2 Å². The molecule has 1 unspecified atom stereocenters. The minimum absolute atomic E-state index is 0.179. The highest BCUT2D eigenvalue weighted by Crippen LogP contribution is 2.36. The number of halogens is 1. The van der Waals surface area contributed by atoms with Gasteiger partial charge in [-0.25, -0.2) is 17.5 Å². The molecule has 1 heterocycles. The summed E-state index contributed by atoms with van der Waals surface area (Å²) in [6.07, 6.45) is 0.260. The molecule has 0 radical (unpaired) electrons. The number of aliphatic hydroxyl groups is 1. The third-order valence-corrected chi connectivity index (χ3v) is 5.22. The minimum Gasteiger partial charge on any atom is -0.493 e. The molecule has 1 atom stereocenters. The number of rotatable bonds is 4. The molecule has 122 valence electrons. The van der Waals surface area contributed by atoms with Gasteiger partial charge in [0, 0.05) is 18.5 Å². The first-order chi connectivity index (χ1) is 10.9. The van der Waals surface area contributed by atoms with Gasteiger partial charge in [-0.1, -0.05) is 24.3 Å². The highest BCUT2D eigenvalue weighted by Gasteiger charge is 2.36. The molecule has 7 heteroatoms. The van der Waals surface area contributed by atoms with Crippen molar-refractivity contribution in [2.75, 3.05) is 13.2 Å². The fraction of sp³-hybridized carbons (Fsp3) is 0.250. The lowest BCUT2D eigenvalue weighted by molar-refractivity contribution is 0.00219. The Morgan fingerprint density at radius 3 is 2.78 bits per heavy atom. The Hall–Kier alpha value is -1.96. The minimum atomic E-state index is -3.91. The van der Waals surface area contributed by atoms with E-state index in [0.29, 0.717) is 11.3 Å². The second-order valence-electron chi connectivity index (χ2n) is 5.41. The molecule has 0 bridgehead atoms. The van der Waals surface area contributed by atoms with E-state index in [2.05, 4.69) is 4.72 Å². The number of fused-ring (bicyclic) bond motifs is 1. The average Bonchev–Trinajstić information content (AvgIpc) is 2.54. The van der Waals surface area contributed by atoms with Crippen molar-refractivity contribution >= 4 is 10.0 Å². The molecule has 1 aliphatic heterocycles. The number of hydrogen-bond donors (Lipinski definition) is 2. The molecule has 0 amide bonds. The van der Waals surface area contributed by atoms with Gasteiger partial charge in [0.15, 0.2) is 0 Å². The van der Waals surface area contributed by atoms with Crippen LogP contribution >= 0.6 is 0 Å². The molecule has 2 aromatic carbocycles. The number of para-hydroxylation sites is 1. The van der Waals surface area contributed by atoms with E-state index in [9.17, 15) is 17.9 Å². The van der Waals surface area contributed by atoms with Crippen molar-refractivity contribution in [1.29, 1.82) is 0 Å². The van der Waals surface area contributed by atoms with E-state index in [1.54, 1.807) is 24.3 Å². The maximum Gasteiger partial charge on any atom is 0.240 e. The monoisotopic (exact) mass is 337 g/mol. The Bertz CT molecular complexity index is 824. The molecule has 2 aromatic rings. The zero-order valence-electron chi connectivity index (χ0n) is 12.2. The molecule has 0 saturated carbocycles. The summed E-state index contributed by atoms with van der Waals surface area (Å²) >= 11 is 0. The highest BCUT2D eigenvalue weighted by molar-refractivity contribution is 7.89. The van der Waals surface area contributed by atoms with Crippen molar-refractivity contribution in [3.8, 4) is 5.75 Å². The fourth-order valence-corrected chi connectivity index (χ4v) is 3.68. The molecule has 0 saturated heterocycles. The van der Waals surface area contributed by atoms with Crippen molar-refractivity contribution < 1.29 is 22.7 Å². The van der Waals surface area contributed by atoms with E-state index in [-0.39, 0.29) is 24.5 Å². The van der Waals surface area contributed by atoms with Gasteiger partial charge in [0.05, 0.1) is 11.5 Å². The maximum absolute atomic E-state index is 13.2. The van der Waals surface area contributed by atoms with Crippen molar-refractivity contribution in [2.24, 2.45) is 0 Å². The summed E-state index contributed by atoms with van der Waals surface area (Å²) in [4.78, 5) is -0.179. The van der Waals surface area contributed by atoms with Crippen molar-refractivity contribution in [3.05, 3.63) is 59.9 Å². The van der Waals surface area contributed by atoms with Crippen LogP contribution in [0, 0.1) is 5.82 Å². The number of sulfonamides is 1. The third kappa shape index (κ3) is 3.21. The quantitative estimate of drug-likeness (QED) is 0.892. The lowest BCUT2D eigenvalue weighted by Crippen LogP contribution is -2.43. The third-order valence-electron chi connectivity index (χ3n) is 3.82. The predicted octanol–water partition coefficient (Wildman–Crippen LogP) is 1.77. The van der Waals surface area contributed by atoms with Crippen molar-refractivity contribution in [1.82, 2.24) is 4.72 Å². The standard InChI is InChI=1S/C16H16FNO4S/c17-12-4-3-5-13(10-12)23(20,21)18-11-16(19)8-9-22-15-7-2-1-6-14(15)16/h1-7,10,18-19H,8-9,11H2. The van der Waals surface area contributed by atoms with Crippen LogP contribution in [0.25, 0.3) is 0 Å². The van der Waals surface area contributed by atoms with E-state index >= 15 is 0 Å². The van der Waals surface area contributed by atoms with Gasteiger partial charge in [0.25, 0.3) is 0 Å². The molecule has 0 spiro atoms. The number of ether oxygens (including phenoxy) is 1. The van der Waals surface area contributed by atoms with Crippen LogP contribution < -0.4 is 9.46 Å². The smallest absolute Gasteiger partial charge is 0.240 e. The summed E-state index contributed by atoms with van der Waals surface area (Å²) in [7, 11) is -3.91. The molecule has 2 N–H and O–H groups in total. The summed E-state index contributed by atoms with van der Waals surface area (Å²) < 4.78 is 45.5.